The molecule has 0 aliphatic carbocycles. The Hall–Kier alpha value is -1.06. The number of halogens is 3. The van der Waals surface area contributed by atoms with Crippen molar-refractivity contribution in [2.75, 3.05) is 26.2 Å². The minimum absolute atomic E-state index is 0. The van der Waals surface area contributed by atoms with Crippen LogP contribution in [0, 0.1) is 17.1 Å². The fourth-order valence-electron chi connectivity index (χ4n) is 2.30. The van der Waals surface area contributed by atoms with Crippen LogP contribution in [0.25, 0.3) is 0 Å². The summed E-state index contributed by atoms with van der Waals surface area (Å²) in [6.45, 7) is 3.29. The Morgan fingerprint density at radius 2 is 2.00 bits per heavy atom. The Bertz CT molecular complexity index is 461. The second kappa shape index (κ2) is 8.98. The Morgan fingerprint density at radius 3 is 2.55 bits per heavy atom. The largest absolute Gasteiger partial charge is 0.508 e. The summed E-state index contributed by atoms with van der Waals surface area (Å²) >= 11 is 0. The van der Waals surface area contributed by atoms with Gasteiger partial charge in [-0.2, -0.15) is 5.26 Å². The molecule has 0 saturated carbocycles. The second-order valence-corrected chi connectivity index (χ2v) is 4.37. The summed E-state index contributed by atoms with van der Waals surface area (Å²) in [6.07, 6.45) is 0.252. The SMILES string of the molecule is Cl.Cl.N#CC[C@H](c1ccc(O)cc1F)N1CCNCC1. The van der Waals surface area contributed by atoms with Crippen LogP contribution in [0.3, 0.4) is 0 Å². The Balaban J connectivity index is 0.00000180. The number of nitrogens with one attached hydrogen (secondary N) is 1. The smallest absolute Gasteiger partial charge is 0.131 e. The van der Waals surface area contributed by atoms with E-state index in [1.165, 1.54) is 6.07 Å². The molecule has 112 valence electrons. The van der Waals surface area contributed by atoms with Crippen molar-refractivity contribution in [1.29, 1.82) is 5.26 Å². The summed E-state index contributed by atoms with van der Waals surface area (Å²) in [5.74, 6) is -0.541. The molecule has 2 N–H and O–H groups in total. The summed E-state index contributed by atoms with van der Waals surface area (Å²) in [5.41, 5.74) is 0.483. The summed E-state index contributed by atoms with van der Waals surface area (Å²) in [6, 6.07) is 6.00. The number of phenols is 1. The molecule has 1 aliphatic rings. The van der Waals surface area contributed by atoms with Gasteiger partial charge < -0.3 is 10.4 Å². The number of hydrogen-bond acceptors (Lipinski definition) is 4. The molecule has 4 nitrogen and oxygen atoms in total. The summed E-state index contributed by atoms with van der Waals surface area (Å²) < 4.78 is 13.9. The molecular formula is C13H18Cl2FN3O. The fraction of sp³-hybridized carbons (Fsp3) is 0.462. The van der Waals surface area contributed by atoms with E-state index in [1.807, 2.05) is 0 Å². The molecular weight excluding hydrogens is 304 g/mol. The Kier molecular flexibility index (Phi) is 8.51. The van der Waals surface area contributed by atoms with Gasteiger partial charge in [-0.25, -0.2) is 4.39 Å². The molecule has 2 rings (SSSR count). The van der Waals surface area contributed by atoms with E-state index in [4.69, 9.17) is 5.26 Å². The average Bonchev–Trinajstić information content (AvgIpc) is 2.38. The number of phenolic OH excluding ortho intramolecular Hbond substituents is 1. The molecule has 0 bridgehead atoms. The van der Waals surface area contributed by atoms with Gasteiger partial charge in [-0.3, -0.25) is 4.90 Å². The van der Waals surface area contributed by atoms with Crippen molar-refractivity contribution in [3.05, 3.63) is 29.6 Å². The maximum atomic E-state index is 13.9. The highest BCUT2D eigenvalue weighted by molar-refractivity contribution is 5.85. The van der Waals surface area contributed by atoms with Crippen molar-refractivity contribution in [2.24, 2.45) is 0 Å². The summed E-state index contributed by atoms with van der Waals surface area (Å²) in [4.78, 5) is 2.11. The van der Waals surface area contributed by atoms with E-state index < -0.39 is 5.82 Å². The van der Waals surface area contributed by atoms with Crippen molar-refractivity contribution >= 4 is 24.8 Å². The molecule has 1 heterocycles. The van der Waals surface area contributed by atoms with Crippen LogP contribution in [-0.4, -0.2) is 36.2 Å². The molecule has 0 unspecified atom stereocenters. The zero-order valence-electron chi connectivity index (χ0n) is 10.9. The van der Waals surface area contributed by atoms with Crippen LogP contribution in [-0.2, 0) is 0 Å². The Morgan fingerprint density at radius 1 is 1.35 bits per heavy atom. The molecule has 1 aromatic rings. The third-order valence-corrected chi connectivity index (χ3v) is 3.22. The first-order chi connectivity index (χ1) is 8.72. The van der Waals surface area contributed by atoms with Gasteiger partial charge in [0.25, 0.3) is 0 Å². The van der Waals surface area contributed by atoms with E-state index in [0.29, 0.717) is 5.56 Å². The van der Waals surface area contributed by atoms with Gasteiger partial charge in [-0.05, 0) is 6.07 Å². The van der Waals surface area contributed by atoms with E-state index in [2.05, 4.69) is 16.3 Å². The van der Waals surface area contributed by atoms with Crippen molar-refractivity contribution in [1.82, 2.24) is 10.2 Å². The maximum Gasteiger partial charge on any atom is 0.131 e. The normalized spacial score (nSPS) is 16.4. The highest BCUT2D eigenvalue weighted by atomic mass is 35.5. The van der Waals surface area contributed by atoms with E-state index in [-0.39, 0.29) is 43.0 Å². The van der Waals surface area contributed by atoms with Gasteiger partial charge in [0.15, 0.2) is 0 Å². The van der Waals surface area contributed by atoms with E-state index in [0.717, 1.165) is 32.2 Å². The Labute approximate surface area is 130 Å². The van der Waals surface area contributed by atoms with Crippen LogP contribution in [0.4, 0.5) is 4.39 Å². The minimum atomic E-state index is -0.450. The van der Waals surface area contributed by atoms with Crippen molar-refractivity contribution in [3.8, 4) is 11.8 Å². The van der Waals surface area contributed by atoms with Gasteiger partial charge in [-0.1, -0.05) is 6.07 Å². The van der Waals surface area contributed by atoms with Crippen molar-refractivity contribution in [2.45, 2.75) is 12.5 Å². The van der Waals surface area contributed by atoms with Gasteiger partial charge in [0, 0.05) is 37.8 Å². The standard InChI is InChI=1S/C13H16FN3O.2ClH/c14-12-9-10(18)1-2-11(12)13(3-4-15)17-7-5-16-6-8-17;;/h1-2,9,13,16,18H,3,5-8H2;2*1H/t13-;;/m1../s1. The lowest BCUT2D eigenvalue weighted by atomic mass is 10.0. The third-order valence-electron chi connectivity index (χ3n) is 3.22. The predicted molar refractivity (Wildman–Crippen MR) is 80.0 cm³/mol. The summed E-state index contributed by atoms with van der Waals surface area (Å²) in [7, 11) is 0. The van der Waals surface area contributed by atoms with Gasteiger partial charge in [0.2, 0.25) is 0 Å². The lowest BCUT2D eigenvalue weighted by Crippen LogP contribution is -2.45. The molecule has 1 atom stereocenters. The van der Waals surface area contributed by atoms with Crippen LogP contribution in [0.1, 0.15) is 18.0 Å². The highest BCUT2D eigenvalue weighted by Gasteiger charge is 2.24. The third kappa shape index (κ3) is 4.50. The van der Waals surface area contributed by atoms with Crippen LogP contribution in [0.2, 0.25) is 0 Å². The monoisotopic (exact) mass is 321 g/mol. The highest BCUT2D eigenvalue weighted by Crippen LogP contribution is 2.28. The zero-order valence-corrected chi connectivity index (χ0v) is 12.5. The molecule has 1 aliphatic heterocycles. The van der Waals surface area contributed by atoms with Crippen LogP contribution < -0.4 is 5.32 Å². The molecule has 0 spiro atoms. The number of rotatable bonds is 3. The molecule has 1 saturated heterocycles. The first-order valence-electron chi connectivity index (χ1n) is 6.02. The van der Waals surface area contributed by atoms with Crippen molar-refractivity contribution < 1.29 is 9.50 Å². The quantitative estimate of drug-likeness (QED) is 0.896. The zero-order chi connectivity index (χ0) is 13.0. The molecule has 1 aromatic carbocycles. The van der Waals surface area contributed by atoms with Gasteiger partial charge >= 0.3 is 0 Å². The second-order valence-electron chi connectivity index (χ2n) is 4.37. The molecule has 1 fully saturated rings. The van der Waals surface area contributed by atoms with Crippen LogP contribution >= 0.6 is 24.8 Å². The molecule has 20 heavy (non-hydrogen) atoms. The first kappa shape index (κ1) is 18.9. The first-order valence-corrected chi connectivity index (χ1v) is 6.02. The maximum absolute atomic E-state index is 13.9. The van der Waals surface area contributed by atoms with Crippen molar-refractivity contribution in [3.63, 3.8) is 0 Å². The predicted octanol–water partition coefficient (Wildman–Crippen LogP) is 2.23. The molecule has 0 radical (unpaired) electrons. The molecule has 0 amide bonds. The van der Waals surface area contributed by atoms with Gasteiger partial charge in [0.05, 0.1) is 18.5 Å². The summed E-state index contributed by atoms with van der Waals surface area (Å²) in [5, 5.41) is 21.4. The molecule has 7 heteroatoms. The number of aromatic hydroxyl groups is 1. The van der Waals surface area contributed by atoms with Gasteiger partial charge in [0.1, 0.15) is 11.6 Å². The minimum Gasteiger partial charge on any atom is -0.508 e. The number of nitriles is 1. The van der Waals surface area contributed by atoms with E-state index in [9.17, 15) is 9.50 Å². The van der Waals surface area contributed by atoms with Crippen LogP contribution in [0.5, 0.6) is 5.75 Å². The van der Waals surface area contributed by atoms with Gasteiger partial charge in [-0.15, -0.1) is 24.8 Å². The van der Waals surface area contributed by atoms with E-state index >= 15 is 0 Å². The number of benzene rings is 1. The number of nitrogens with zero attached hydrogens (tertiary/aromatic N) is 2. The number of piperazine rings is 1. The average molecular weight is 322 g/mol. The lowest BCUT2D eigenvalue weighted by Gasteiger charge is -2.34. The number of hydrogen-bond donors (Lipinski definition) is 2. The van der Waals surface area contributed by atoms with Crippen LogP contribution in [0.15, 0.2) is 18.2 Å². The van der Waals surface area contributed by atoms with E-state index in [1.54, 1.807) is 6.07 Å². The fourth-order valence-corrected chi connectivity index (χ4v) is 2.30. The topological polar surface area (TPSA) is 59.3 Å². The lowest BCUT2D eigenvalue weighted by molar-refractivity contribution is 0.172. The molecule has 0 aromatic heterocycles.